The summed E-state index contributed by atoms with van der Waals surface area (Å²) in [5.74, 6) is -0.0371. The molecule has 0 aliphatic carbocycles. The van der Waals surface area contributed by atoms with Gasteiger partial charge in [0.15, 0.2) is 0 Å². The van der Waals surface area contributed by atoms with Crippen LogP contribution in [-0.2, 0) is 9.59 Å². The number of thiophene rings is 1. The zero-order chi connectivity index (χ0) is 15.4. The molecule has 21 heavy (non-hydrogen) atoms. The third-order valence-corrected chi connectivity index (χ3v) is 5.15. The molecule has 0 unspecified atom stereocenters. The van der Waals surface area contributed by atoms with E-state index in [-0.39, 0.29) is 23.8 Å². The van der Waals surface area contributed by atoms with E-state index in [0.717, 1.165) is 9.21 Å². The lowest BCUT2D eigenvalue weighted by atomic mass is 9.95. The molecule has 2 amide bonds. The number of halogens is 1. The smallest absolute Gasteiger partial charge is 0.245 e. The number of nitrogens with one attached hydrogen (secondary N) is 1. The molecule has 1 aliphatic heterocycles. The summed E-state index contributed by atoms with van der Waals surface area (Å²) < 4.78 is 0.724. The molecule has 0 aromatic carbocycles. The highest BCUT2D eigenvalue weighted by Crippen LogP contribution is 2.27. The van der Waals surface area contributed by atoms with Gasteiger partial charge in [-0.05, 0) is 38.0 Å². The number of carbonyl (C=O) groups excluding carboxylic acids is 2. The van der Waals surface area contributed by atoms with E-state index in [9.17, 15) is 9.59 Å². The zero-order valence-corrected chi connectivity index (χ0v) is 13.5. The van der Waals surface area contributed by atoms with Crippen molar-refractivity contribution in [2.45, 2.75) is 25.8 Å². The first-order valence-corrected chi connectivity index (χ1v) is 8.17. The van der Waals surface area contributed by atoms with Crippen LogP contribution in [0.5, 0.6) is 0 Å². The maximum Gasteiger partial charge on any atom is 0.245 e. The molecule has 4 nitrogen and oxygen atoms in total. The molecule has 6 heteroatoms. The Labute approximate surface area is 133 Å². The second kappa shape index (κ2) is 7.09. The van der Waals surface area contributed by atoms with Crippen molar-refractivity contribution in [3.05, 3.63) is 34.0 Å². The molecular formula is C15H19ClN2O2S. The lowest BCUT2D eigenvalue weighted by Crippen LogP contribution is -2.42. The Hall–Kier alpha value is -1.33. The number of carbonyl (C=O) groups is 2. The third kappa shape index (κ3) is 4.08. The van der Waals surface area contributed by atoms with Crippen LogP contribution in [0.4, 0.5) is 0 Å². The molecule has 1 aromatic heterocycles. The van der Waals surface area contributed by atoms with E-state index in [1.54, 1.807) is 4.90 Å². The lowest BCUT2D eigenvalue weighted by Gasteiger charge is -2.31. The lowest BCUT2D eigenvalue weighted by molar-refractivity contribution is -0.132. The third-order valence-electron chi connectivity index (χ3n) is 3.73. The average Bonchev–Trinajstić information content (AvgIpc) is 2.93. The van der Waals surface area contributed by atoms with Crippen molar-refractivity contribution >= 4 is 34.8 Å². The Balaban J connectivity index is 1.85. The van der Waals surface area contributed by atoms with Crippen molar-refractivity contribution in [3.63, 3.8) is 0 Å². The van der Waals surface area contributed by atoms with Crippen molar-refractivity contribution in [2.75, 3.05) is 13.1 Å². The molecule has 1 aliphatic rings. The van der Waals surface area contributed by atoms with Crippen LogP contribution in [0.25, 0.3) is 0 Å². The van der Waals surface area contributed by atoms with Crippen molar-refractivity contribution in [1.82, 2.24) is 10.2 Å². The Bertz CT molecular complexity index is 536. The van der Waals surface area contributed by atoms with E-state index < -0.39 is 0 Å². The normalized spacial score (nSPS) is 17.3. The summed E-state index contributed by atoms with van der Waals surface area (Å²) in [6, 6.07) is 3.73. The van der Waals surface area contributed by atoms with Gasteiger partial charge in [-0.2, -0.15) is 0 Å². The molecule has 0 saturated carbocycles. The molecule has 1 fully saturated rings. The topological polar surface area (TPSA) is 49.4 Å². The van der Waals surface area contributed by atoms with Crippen LogP contribution in [-0.4, -0.2) is 29.8 Å². The molecule has 2 heterocycles. The maximum atomic E-state index is 12.3. The van der Waals surface area contributed by atoms with Crippen molar-refractivity contribution < 1.29 is 9.59 Å². The predicted molar refractivity (Wildman–Crippen MR) is 85.4 cm³/mol. The van der Waals surface area contributed by atoms with Gasteiger partial charge in [0.05, 0.1) is 10.4 Å². The number of hydrogen-bond acceptors (Lipinski definition) is 3. The van der Waals surface area contributed by atoms with Gasteiger partial charge in [-0.3, -0.25) is 9.59 Å². The Kier molecular flexibility index (Phi) is 5.42. The highest BCUT2D eigenvalue weighted by Gasteiger charge is 2.27. The van der Waals surface area contributed by atoms with E-state index in [4.69, 9.17) is 11.6 Å². The van der Waals surface area contributed by atoms with Crippen LogP contribution >= 0.6 is 22.9 Å². The molecule has 1 N–H and O–H groups in total. The van der Waals surface area contributed by atoms with E-state index in [2.05, 4.69) is 11.9 Å². The fourth-order valence-electron chi connectivity index (χ4n) is 2.45. The van der Waals surface area contributed by atoms with E-state index >= 15 is 0 Å². The molecule has 1 saturated heterocycles. The molecular weight excluding hydrogens is 308 g/mol. The highest BCUT2D eigenvalue weighted by molar-refractivity contribution is 7.16. The first-order chi connectivity index (χ1) is 10.0. The fraction of sp³-hybridized carbons (Fsp3) is 0.467. The quantitative estimate of drug-likeness (QED) is 0.865. The number of rotatable bonds is 4. The van der Waals surface area contributed by atoms with Gasteiger partial charge in [-0.25, -0.2) is 0 Å². The number of hydrogen-bond donors (Lipinski definition) is 1. The van der Waals surface area contributed by atoms with E-state index in [1.165, 1.54) is 17.4 Å². The minimum Gasteiger partial charge on any atom is -0.349 e. The van der Waals surface area contributed by atoms with Crippen LogP contribution in [0, 0.1) is 5.92 Å². The predicted octanol–water partition coefficient (Wildman–Crippen LogP) is 3.00. The zero-order valence-electron chi connectivity index (χ0n) is 12.0. The highest BCUT2D eigenvalue weighted by atomic mass is 35.5. The summed E-state index contributed by atoms with van der Waals surface area (Å²) in [5, 5.41) is 3.03. The van der Waals surface area contributed by atoms with Crippen LogP contribution in [0.3, 0.4) is 0 Å². The Morgan fingerprint density at radius 2 is 2.14 bits per heavy atom. The van der Waals surface area contributed by atoms with Gasteiger partial charge in [-0.15, -0.1) is 11.3 Å². The van der Waals surface area contributed by atoms with Gasteiger partial charge >= 0.3 is 0 Å². The minimum absolute atomic E-state index is 0.0308. The summed E-state index contributed by atoms with van der Waals surface area (Å²) in [5.41, 5.74) is 0. The Morgan fingerprint density at radius 3 is 2.67 bits per heavy atom. The van der Waals surface area contributed by atoms with Gasteiger partial charge in [0.1, 0.15) is 0 Å². The van der Waals surface area contributed by atoms with Crippen molar-refractivity contribution in [2.24, 2.45) is 5.92 Å². The maximum absolute atomic E-state index is 12.3. The van der Waals surface area contributed by atoms with Gasteiger partial charge < -0.3 is 10.2 Å². The standard InChI is InChI=1S/C15H19ClN2O2S/c1-3-14(19)18-8-6-11(7-9-18)15(20)17-10(2)12-4-5-13(16)21-12/h3-5,10-11H,1,6-9H2,2H3,(H,17,20)/t10-/m0/s1. The minimum atomic E-state index is -0.0598. The first kappa shape index (κ1) is 16.0. The van der Waals surface area contributed by atoms with Gasteiger partial charge in [-0.1, -0.05) is 18.2 Å². The summed E-state index contributed by atoms with van der Waals surface area (Å²) >= 11 is 7.39. The monoisotopic (exact) mass is 326 g/mol. The van der Waals surface area contributed by atoms with Crippen LogP contribution in [0.1, 0.15) is 30.7 Å². The van der Waals surface area contributed by atoms with Crippen LogP contribution < -0.4 is 5.32 Å². The van der Waals surface area contributed by atoms with Crippen LogP contribution in [0.15, 0.2) is 24.8 Å². The SMILES string of the molecule is C=CC(=O)N1CCC(C(=O)N[C@@H](C)c2ccc(Cl)s2)CC1. The summed E-state index contributed by atoms with van der Waals surface area (Å²) in [6.07, 6.45) is 2.72. The van der Waals surface area contributed by atoms with Crippen LogP contribution in [0.2, 0.25) is 4.34 Å². The van der Waals surface area contributed by atoms with Gasteiger partial charge in [0.2, 0.25) is 11.8 Å². The first-order valence-electron chi connectivity index (χ1n) is 6.98. The largest absolute Gasteiger partial charge is 0.349 e. The number of piperidine rings is 1. The summed E-state index contributed by atoms with van der Waals surface area (Å²) in [6.45, 7) is 6.67. The van der Waals surface area contributed by atoms with E-state index in [1.807, 2.05) is 19.1 Å². The Morgan fingerprint density at radius 1 is 1.48 bits per heavy atom. The molecule has 114 valence electrons. The molecule has 0 spiro atoms. The fourth-order valence-corrected chi connectivity index (χ4v) is 3.52. The van der Waals surface area contributed by atoms with Crippen molar-refractivity contribution in [1.29, 1.82) is 0 Å². The molecule has 1 aromatic rings. The molecule has 0 radical (unpaired) electrons. The molecule has 1 atom stereocenters. The number of amides is 2. The number of likely N-dealkylation sites (tertiary alicyclic amines) is 1. The second-order valence-electron chi connectivity index (χ2n) is 5.18. The number of nitrogens with zero attached hydrogens (tertiary/aromatic N) is 1. The summed E-state index contributed by atoms with van der Waals surface area (Å²) in [7, 11) is 0. The summed E-state index contributed by atoms with van der Waals surface area (Å²) in [4.78, 5) is 26.6. The molecule has 0 bridgehead atoms. The van der Waals surface area contributed by atoms with Gasteiger partial charge in [0.25, 0.3) is 0 Å². The van der Waals surface area contributed by atoms with Crippen molar-refractivity contribution in [3.8, 4) is 0 Å². The van der Waals surface area contributed by atoms with E-state index in [0.29, 0.717) is 25.9 Å². The van der Waals surface area contributed by atoms with Gasteiger partial charge in [0, 0.05) is 23.9 Å². The molecule has 2 rings (SSSR count). The second-order valence-corrected chi connectivity index (χ2v) is 6.92. The average molecular weight is 327 g/mol.